The highest BCUT2D eigenvalue weighted by atomic mass is 35.5. The van der Waals surface area contributed by atoms with Crippen LogP contribution in [0.3, 0.4) is 0 Å². The summed E-state index contributed by atoms with van der Waals surface area (Å²) in [5.41, 5.74) is 2.60. The van der Waals surface area contributed by atoms with Gasteiger partial charge in [-0.1, -0.05) is 36.8 Å². The summed E-state index contributed by atoms with van der Waals surface area (Å²) < 4.78 is 0. The average Bonchev–Trinajstić information content (AvgIpc) is 2.44. The van der Waals surface area contributed by atoms with Gasteiger partial charge in [0.15, 0.2) is 0 Å². The molecule has 2 atom stereocenters. The summed E-state index contributed by atoms with van der Waals surface area (Å²) >= 11 is 0. The van der Waals surface area contributed by atoms with Crippen LogP contribution < -0.4 is 10.6 Å². The van der Waals surface area contributed by atoms with Crippen molar-refractivity contribution in [3.63, 3.8) is 0 Å². The molecule has 1 fully saturated rings. The number of hydrogen-bond acceptors (Lipinski definition) is 2. The Morgan fingerprint density at radius 3 is 2.71 bits per heavy atom. The Morgan fingerprint density at radius 1 is 1.33 bits per heavy atom. The van der Waals surface area contributed by atoms with Crippen LogP contribution in [0.2, 0.25) is 0 Å². The van der Waals surface area contributed by atoms with E-state index in [1.807, 2.05) is 0 Å². The molecule has 0 radical (unpaired) electrons. The van der Waals surface area contributed by atoms with Gasteiger partial charge in [-0.2, -0.15) is 0 Å². The number of rotatable bonds is 5. The summed E-state index contributed by atoms with van der Waals surface area (Å²) in [6.45, 7) is 6.31. The van der Waals surface area contributed by atoms with Gasteiger partial charge in [-0.15, -0.1) is 12.4 Å². The second-order valence-corrected chi connectivity index (χ2v) is 5.98. The van der Waals surface area contributed by atoms with Gasteiger partial charge in [0.05, 0.1) is 0 Å². The molecule has 4 heteroatoms. The Balaban J connectivity index is 0.00000220. The van der Waals surface area contributed by atoms with E-state index in [0.717, 1.165) is 32.4 Å². The molecular weight excluding hydrogens is 284 g/mol. The van der Waals surface area contributed by atoms with Gasteiger partial charge in [0.1, 0.15) is 0 Å². The monoisotopic (exact) mass is 310 g/mol. The highest BCUT2D eigenvalue weighted by molar-refractivity contribution is 5.85. The Morgan fingerprint density at radius 2 is 2.05 bits per heavy atom. The number of benzene rings is 1. The van der Waals surface area contributed by atoms with Gasteiger partial charge < -0.3 is 10.6 Å². The second kappa shape index (κ2) is 9.06. The fourth-order valence-electron chi connectivity index (χ4n) is 2.72. The lowest BCUT2D eigenvalue weighted by atomic mass is 9.95. The molecular formula is C17H27ClN2O. The SMILES string of the molecule is Cc1ccc(CCCC(=O)NC2CCNCC2C)cc1.Cl. The van der Waals surface area contributed by atoms with Crippen molar-refractivity contribution < 1.29 is 4.79 Å². The zero-order valence-corrected chi connectivity index (χ0v) is 13.8. The lowest BCUT2D eigenvalue weighted by Crippen LogP contribution is -2.48. The zero-order chi connectivity index (χ0) is 14.4. The van der Waals surface area contributed by atoms with Crippen molar-refractivity contribution in [1.29, 1.82) is 0 Å². The third-order valence-corrected chi connectivity index (χ3v) is 4.12. The van der Waals surface area contributed by atoms with E-state index in [0.29, 0.717) is 18.4 Å². The summed E-state index contributed by atoms with van der Waals surface area (Å²) in [6, 6.07) is 8.92. The highest BCUT2D eigenvalue weighted by Crippen LogP contribution is 2.11. The predicted molar refractivity (Wildman–Crippen MR) is 89.9 cm³/mol. The van der Waals surface area contributed by atoms with Gasteiger partial charge in [-0.25, -0.2) is 0 Å². The fourth-order valence-corrected chi connectivity index (χ4v) is 2.72. The second-order valence-electron chi connectivity index (χ2n) is 5.98. The minimum Gasteiger partial charge on any atom is -0.353 e. The molecule has 1 amide bonds. The van der Waals surface area contributed by atoms with E-state index in [9.17, 15) is 4.79 Å². The van der Waals surface area contributed by atoms with E-state index in [4.69, 9.17) is 0 Å². The molecule has 1 saturated heterocycles. The zero-order valence-electron chi connectivity index (χ0n) is 13.0. The number of aryl methyl sites for hydroxylation is 2. The maximum atomic E-state index is 12.0. The topological polar surface area (TPSA) is 41.1 Å². The Kier molecular flexibility index (Phi) is 7.76. The number of hydrogen-bond donors (Lipinski definition) is 2. The van der Waals surface area contributed by atoms with E-state index >= 15 is 0 Å². The Labute approximate surface area is 134 Å². The van der Waals surface area contributed by atoms with Crippen LogP contribution in [-0.2, 0) is 11.2 Å². The summed E-state index contributed by atoms with van der Waals surface area (Å²) in [4.78, 5) is 12.0. The number of halogens is 1. The number of carbonyl (C=O) groups excluding carboxylic acids is 1. The number of carbonyl (C=O) groups is 1. The summed E-state index contributed by atoms with van der Waals surface area (Å²) in [6.07, 6.45) is 3.58. The minimum absolute atomic E-state index is 0. The van der Waals surface area contributed by atoms with Crippen molar-refractivity contribution in [3.05, 3.63) is 35.4 Å². The van der Waals surface area contributed by atoms with Crippen LogP contribution >= 0.6 is 12.4 Å². The molecule has 0 aliphatic carbocycles. The molecule has 2 unspecified atom stereocenters. The predicted octanol–water partition coefficient (Wildman–Crippen LogP) is 2.85. The van der Waals surface area contributed by atoms with Crippen LogP contribution in [0.1, 0.15) is 37.3 Å². The van der Waals surface area contributed by atoms with Gasteiger partial charge >= 0.3 is 0 Å². The van der Waals surface area contributed by atoms with E-state index in [2.05, 4.69) is 48.7 Å². The molecule has 2 N–H and O–H groups in total. The molecule has 0 spiro atoms. The first-order valence-corrected chi connectivity index (χ1v) is 7.71. The van der Waals surface area contributed by atoms with Gasteiger partial charge in [0, 0.05) is 12.5 Å². The van der Waals surface area contributed by atoms with Gasteiger partial charge in [0.25, 0.3) is 0 Å². The number of nitrogens with one attached hydrogen (secondary N) is 2. The first kappa shape index (κ1) is 18.0. The Hall–Kier alpha value is -1.06. The number of amides is 1. The molecule has 3 nitrogen and oxygen atoms in total. The summed E-state index contributed by atoms with van der Waals surface area (Å²) in [5, 5.41) is 6.54. The maximum absolute atomic E-state index is 12.0. The van der Waals surface area contributed by atoms with E-state index in [1.165, 1.54) is 11.1 Å². The normalized spacial score (nSPS) is 21.4. The maximum Gasteiger partial charge on any atom is 0.220 e. The molecule has 1 aliphatic heterocycles. The lowest BCUT2D eigenvalue weighted by Gasteiger charge is -2.30. The van der Waals surface area contributed by atoms with Crippen molar-refractivity contribution in [2.45, 2.75) is 45.6 Å². The van der Waals surface area contributed by atoms with Crippen molar-refractivity contribution in [3.8, 4) is 0 Å². The van der Waals surface area contributed by atoms with E-state index in [1.54, 1.807) is 0 Å². The molecule has 1 aromatic rings. The average molecular weight is 311 g/mol. The molecule has 0 bridgehead atoms. The van der Waals surface area contributed by atoms with Gasteiger partial charge in [-0.3, -0.25) is 4.79 Å². The van der Waals surface area contributed by atoms with Gasteiger partial charge in [-0.05, 0) is 50.8 Å². The van der Waals surface area contributed by atoms with E-state index < -0.39 is 0 Å². The molecule has 2 rings (SSSR count). The molecule has 118 valence electrons. The standard InChI is InChI=1S/C17H26N2O.ClH/c1-13-6-8-15(9-7-13)4-3-5-17(20)19-16-10-11-18-12-14(16)2;/h6-9,14,16,18H,3-5,10-12H2,1-2H3,(H,19,20);1H. The van der Waals surface area contributed by atoms with Crippen LogP contribution in [-0.4, -0.2) is 25.0 Å². The third-order valence-electron chi connectivity index (χ3n) is 4.12. The fraction of sp³-hybridized carbons (Fsp3) is 0.588. The van der Waals surface area contributed by atoms with Crippen LogP contribution in [0.4, 0.5) is 0 Å². The van der Waals surface area contributed by atoms with Crippen molar-refractivity contribution in [1.82, 2.24) is 10.6 Å². The quantitative estimate of drug-likeness (QED) is 0.878. The van der Waals surface area contributed by atoms with Crippen LogP contribution in [0.15, 0.2) is 24.3 Å². The largest absolute Gasteiger partial charge is 0.353 e. The first-order valence-electron chi connectivity index (χ1n) is 7.71. The third kappa shape index (κ3) is 6.06. The van der Waals surface area contributed by atoms with Gasteiger partial charge in [0.2, 0.25) is 5.91 Å². The molecule has 0 saturated carbocycles. The first-order chi connectivity index (χ1) is 9.65. The number of piperidine rings is 1. The smallest absolute Gasteiger partial charge is 0.220 e. The Bertz CT molecular complexity index is 433. The van der Waals surface area contributed by atoms with Crippen LogP contribution in [0, 0.1) is 12.8 Å². The van der Waals surface area contributed by atoms with Crippen molar-refractivity contribution in [2.75, 3.05) is 13.1 Å². The molecule has 0 aromatic heterocycles. The highest BCUT2D eigenvalue weighted by Gasteiger charge is 2.22. The molecule has 1 aliphatic rings. The lowest BCUT2D eigenvalue weighted by molar-refractivity contribution is -0.122. The van der Waals surface area contributed by atoms with E-state index in [-0.39, 0.29) is 18.3 Å². The summed E-state index contributed by atoms with van der Waals surface area (Å²) in [7, 11) is 0. The molecule has 1 heterocycles. The van der Waals surface area contributed by atoms with Crippen molar-refractivity contribution in [2.24, 2.45) is 5.92 Å². The molecule has 1 aromatic carbocycles. The molecule has 21 heavy (non-hydrogen) atoms. The van der Waals surface area contributed by atoms with Crippen LogP contribution in [0.5, 0.6) is 0 Å². The minimum atomic E-state index is 0. The van der Waals surface area contributed by atoms with Crippen LogP contribution in [0.25, 0.3) is 0 Å². The van der Waals surface area contributed by atoms with Crippen molar-refractivity contribution >= 4 is 18.3 Å². The summed E-state index contributed by atoms with van der Waals surface area (Å²) in [5.74, 6) is 0.737.